The Morgan fingerprint density at radius 3 is 2.66 bits per heavy atom. The van der Waals surface area contributed by atoms with Crippen LogP contribution in [0.1, 0.15) is 52.9 Å². The highest BCUT2D eigenvalue weighted by Gasteiger charge is 2.17. The fourth-order valence-electron chi connectivity index (χ4n) is 3.60. The third-order valence-corrected chi connectivity index (χ3v) is 5.16. The van der Waals surface area contributed by atoms with Gasteiger partial charge in [-0.15, -0.1) is 0 Å². The van der Waals surface area contributed by atoms with Gasteiger partial charge in [-0.1, -0.05) is 30.3 Å². The highest BCUT2D eigenvalue weighted by molar-refractivity contribution is 5.96. The van der Waals surface area contributed by atoms with Gasteiger partial charge in [0.05, 0.1) is 18.2 Å². The third-order valence-electron chi connectivity index (χ3n) is 5.16. The number of benzene rings is 2. The molecule has 29 heavy (non-hydrogen) atoms. The minimum Gasteiger partial charge on any atom is -0.452 e. The average molecular weight is 396 g/mol. The molecular formula is C23H28N2O4. The lowest BCUT2D eigenvalue weighted by molar-refractivity contribution is -0.124. The summed E-state index contributed by atoms with van der Waals surface area (Å²) in [5.74, 6) is -0.924. The van der Waals surface area contributed by atoms with Crippen LogP contribution in [-0.2, 0) is 22.4 Å². The first-order valence-electron chi connectivity index (χ1n) is 10.1. The lowest BCUT2D eigenvalue weighted by Crippen LogP contribution is -2.31. The number of carbonyl (C=O) groups is 2. The summed E-state index contributed by atoms with van der Waals surface area (Å²) in [4.78, 5) is 24.6. The summed E-state index contributed by atoms with van der Waals surface area (Å²) in [5.41, 5.74) is 4.73. The number of carbonyl (C=O) groups excluding carboxylic acids is 2. The van der Waals surface area contributed by atoms with Gasteiger partial charge in [0, 0.05) is 12.2 Å². The maximum absolute atomic E-state index is 12.3. The van der Waals surface area contributed by atoms with Crippen molar-refractivity contribution in [3.05, 3.63) is 64.7 Å². The zero-order valence-electron chi connectivity index (χ0n) is 16.7. The van der Waals surface area contributed by atoms with Crippen LogP contribution in [0, 0.1) is 0 Å². The largest absolute Gasteiger partial charge is 0.452 e. The molecular weight excluding hydrogens is 368 g/mol. The van der Waals surface area contributed by atoms with Crippen molar-refractivity contribution >= 4 is 17.6 Å². The van der Waals surface area contributed by atoms with Crippen molar-refractivity contribution in [1.82, 2.24) is 5.32 Å². The average Bonchev–Trinajstić information content (AvgIpc) is 2.75. The Morgan fingerprint density at radius 1 is 1.10 bits per heavy atom. The van der Waals surface area contributed by atoms with Gasteiger partial charge in [0.2, 0.25) is 0 Å². The Labute approximate surface area is 171 Å². The molecule has 0 spiro atoms. The third kappa shape index (κ3) is 5.57. The smallest absolute Gasteiger partial charge is 0.340 e. The fraction of sp³-hybridized carbons (Fsp3) is 0.391. The van der Waals surface area contributed by atoms with E-state index in [1.807, 2.05) is 6.92 Å². The molecule has 0 aliphatic heterocycles. The maximum atomic E-state index is 12.3. The number of aryl methyl sites for hydroxylation is 2. The molecule has 1 unspecified atom stereocenters. The minimum atomic E-state index is -0.581. The maximum Gasteiger partial charge on any atom is 0.340 e. The molecule has 6 heteroatoms. The van der Waals surface area contributed by atoms with Crippen LogP contribution >= 0.6 is 0 Å². The van der Waals surface area contributed by atoms with Crippen LogP contribution in [0.2, 0.25) is 0 Å². The Kier molecular flexibility index (Phi) is 7.25. The number of rotatable bonds is 8. The number of ether oxygens (including phenoxy) is 1. The van der Waals surface area contributed by atoms with E-state index in [1.165, 1.54) is 24.0 Å². The summed E-state index contributed by atoms with van der Waals surface area (Å²) < 4.78 is 5.18. The lowest BCUT2D eigenvalue weighted by Gasteiger charge is -2.20. The van der Waals surface area contributed by atoms with Gasteiger partial charge in [-0.3, -0.25) is 4.79 Å². The zero-order chi connectivity index (χ0) is 20.6. The molecule has 0 aromatic heterocycles. The molecule has 1 atom stereocenters. The van der Waals surface area contributed by atoms with Gasteiger partial charge in [0.25, 0.3) is 5.91 Å². The molecule has 3 rings (SSSR count). The Balaban J connectivity index is 1.54. The fourth-order valence-corrected chi connectivity index (χ4v) is 3.60. The molecule has 0 fully saturated rings. The standard InChI is InChI=1S/C23H28N2O4/c1-16(18-11-10-17-6-2-3-7-19(17)14-18)25-22(27)15-29-23(28)20-8-4-5-9-21(20)24-12-13-26/h4-5,8-11,14,16,24,26H,2-3,6-7,12-13,15H2,1H3,(H,25,27). The second-order valence-electron chi connectivity index (χ2n) is 7.30. The first-order valence-corrected chi connectivity index (χ1v) is 10.1. The van der Waals surface area contributed by atoms with E-state index in [1.54, 1.807) is 24.3 Å². The number of aliphatic hydroxyl groups is 1. The van der Waals surface area contributed by atoms with Gasteiger partial charge in [0.15, 0.2) is 6.61 Å². The Hall–Kier alpha value is -2.86. The number of hydrogen-bond donors (Lipinski definition) is 3. The van der Waals surface area contributed by atoms with E-state index in [2.05, 4.69) is 28.8 Å². The van der Waals surface area contributed by atoms with Gasteiger partial charge in [-0.25, -0.2) is 4.79 Å². The predicted octanol–water partition coefficient (Wildman–Crippen LogP) is 3.00. The quantitative estimate of drug-likeness (QED) is 0.597. The van der Waals surface area contributed by atoms with Gasteiger partial charge >= 0.3 is 5.97 Å². The van der Waals surface area contributed by atoms with Gasteiger partial charge in [-0.2, -0.15) is 0 Å². The van der Waals surface area contributed by atoms with Crippen molar-refractivity contribution in [3.63, 3.8) is 0 Å². The summed E-state index contributed by atoms with van der Waals surface area (Å²) in [5, 5.41) is 14.8. The molecule has 2 aromatic rings. The second-order valence-corrected chi connectivity index (χ2v) is 7.30. The Morgan fingerprint density at radius 2 is 1.86 bits per heavy atom. The predicted molar refractivity (Wildman–Crippen MR) is 112 cm³/mol. The molecule has 0 radical (unpaired) electrons. The van der Waals surface area contributed by atoms with E-state index in [4.69, 9.17) is 9.84 Å². The minimum absolute atomic E-state index is 0.0492. The normalized spacial score (nSPS) is 13.9. The number of anilines is 1. The van der Waals surface area contributed by atoms with Crippen LogP contribution in [-0.4, -0.2) is 36.7 Å². The van der Waals surface area contributed by atoms with Crippen LogP contribution in [0.25, 0.3) is 0 Å². The van der Waals surface area contributed by atoms with Gasteiger partial charge in [-0.05, 0) is 61.4 Å². The number of para-hydroxylation sites is 1. The SMILES string of the molecule is CC(NC(=O)COC(=O)c1ccccc1NCCO)c1ccc2c(c1)CCCC2. The van der Waals surface area contributed by atoms with Crippen LogP contribution in [0.3, 0.4) is 0 Å². The Bertz CT molecular complexity index is 866. The molecule has 2 aromatic carbocycles. The van der Waals surface area contributed by atoms with Crippen molar-refractivity contribution in [2.24, 2.45) is 0 Å². The molecule has 1 aliphatic carbocycles. The summed E-state index contributed by atoms with van der Waals surface area (Å²) in [6.07, 6.45) is 4.66. The van der Waals surface area contributed by atoms with Crippen molar-refractivity contribution in [2.45, 2.75) is 38.6 Å². The summed E-state index contributed by atoms with van der Waals surface area (Å²) >= 11 is 0. The summed E-state index contributed by atoms with van der Waals surface area (Å²) in [7, 11) is 0. The summed E-state index contributed by atoms with van der Waals surface area (Å²) in [6, 6.07) is 13.1. The topological polar surface area (TPSA) is 87.7 Å². The summed E-state index contributed by atoms with van der Waals surface area (Å²) in [6.45, 7) is 1.86. The van der Waals surface area contributed by atoms with E-state index in [0.717, 1.165) is 18.4 Å². The lowest BCUT2D eigenvalue weighted by atomic mass is 9.89. The molecule has 0 bridgehead atoms. The van der Waals surface area contributed by atoms with Crippen LogP contribution in [0.5, 0.6) is 0 Å². The number of nitrogens with one attached hydrogen (secondary N) is 2. The molecule has 0 heterocycles. The van der Waals surface area contributed by atoms with E-state index in [0.29, 0.717) is 17.8 Å². The molecule has 1 aliphatic rings. The number of hydrogen-bond acceptors (Lipinski definition) is 5. The van der Waals surface area contributed by atoms with Crippen molar-refractivity contribution < 1.29 is 19.4 Å². The van der Waals surface area contributed by atoms with E-state index in [9.17, 15) is 9.59 Å². The van der Waals surface area contributed by atoms with E-state index < -0.39 is 5.97 Å². The van der Waals surface area contributed by atoms with Gasteiger partial charge in [0.1, 0.15) is 0 Å². The monoisotopic (exact) mass is 396 g/mol. The number of fused-ring (bicyclic) bond motifs is 1. The molecule has 1 amide bonds. The number of aliphatic hydroxyl groups excluding tert-OH is 1. The second kappa shape index (κ2) is 10.1. The first-order chi connectivity index (χ1) is 14.1. The highest BCUT2D eigenvalue weighted by atomic mass is 16.5. The number of amides is 1. The molecule has 154 valence electrons. The molecule has 0 saturated carbocycles. The van der Waals surface area contributed by atoms with E-state index >= 15 is 0 Å². The van der Waals surface area contributed by atoms with Crippen LogP contribution in [0.15, 0.2) is 42.5 Å². The zero-order valence-corrected chi connectivity index (χ0v) is 16.7. The first kappa shape index (κ1) is 20.9. The van der Waals surface area contributed by atoms with Crippen LogP contribution in [0.4, 0.5) is 5.69 Å². The van der Waals surface area contributed by atoms with Gasteiger partial charge < -0.3 is 20.5 Å². The molecule has 0 saturated heterocycles. The van der Waals surface area contributed by atoms with Crippen LogP contribution < -0.4 is 10.6 Å². The van der Waals surface area contributed by atoms with E-state index in [-0.39, 0.29) is 25.2 Å². The van der Waals surface area contributed by atoms with Crippen molar-refractivity contribution in [3.8, 4) is 0 Å². The van der Waals surface area contributed by atoms with Crippen molar-refractivity contribution in [2.75, 3.05) is 25.1 Å². The number of esters is 1. The molecule has 3 N–H and O–H groups in total. The highest BCUT2D eigenvalue weighted by Crippen LogP contribution is 2.24. The molecule has 6 nitrogen and oxygen atoms in total. The van der Waals surface area contributed by atoms with Crippen molar-refractivity contribution in [1.29, 1.82) is 0 Å².